The Kier molecular flexibility index (Phi) is 7.03. The highest BCUT2D eigenvalue weighted by Crippen LogP contribution is 2.37. The third-order valence-corrected chi connectivity index (χ3v) is 8.42. The van der Waals surface area contributed by atoms with E-state index in [1.165, 1.54) is 5.56 Å². The lowest BCUT2D eigenvalue weighted by Gasteiger charge is -2.30. The lowest BCUT2D eigenvalue weighted by atomic mass is 9.89. The molecule has 1 aromatic carbocycles. The fraction of sp³-hybridized carbons (Fsp3) is 0.500. The normalized spacial score (nSPS) is 18.8. The average Bonchev–Trinajstić information content (AvgIpc) is 3.47. The highest BCUT2D eigenvalue weighted by atomic mass is 32.2. The number of morpholine rings is 1. The number of primary amides is 1. The zero-order valence-corrected chi connectivity index (χ0v) is 20.6. The van der Waals surface area contributed by atoms with Gasteiger partial charge in [-0.2, -0.15) is 0 Å². The van der Waals surface area contributed by atoms with Crippen molar-refractivity contribution in [2.24, 2.45) is 5.73 Å². The van der Waals surface area contributed by atoms with Crippen molar-refractivity contribution in [1.82, 2.24) is 19.2 Å². The molecule has 2 aliphatic rings. The molecule has 0 unspecified atom stereocenters. The van der Waals surface area contributed by atoms with Crippen molar-refractivity contribution < 1.29 is 9.53 Å². The lowest BCUT2D eigenvalue weighted by Crippen LogP contribution is -2.35. The van der Waals surface area contributed by atoms with Gasteiger partial charge in [-0.05, 0) is 36.5 Å². The molecule has 9 heteroatoms. The second kappa shape index (κ2) is 10.1. The number of carbonyl (C=O) groups is 1. The number of nitrogens with zero attached hydrogens (tertiary/aromatic N) is 3. The van der Waals surface area contributed by atoms with E-state index in [4.69, 9.17) is 15.5 Å². The molecule has 4 heterocycles. The molecule has 5 rings (SSSR count). The average molecular weight is 486 g/mol. The van der Waals surface area contributed by atoms with E-state index in [0.29, 0.717) is 11.5 Å². The van der Waals surface area contributed by atoms with Crippen LogP contribution < -0.4 is 5.73 Å². The predicted octanol–water partition coefficient (Wildman–Crippen LogP) is 4.07. The molecule has 0 saturated carbocycles. The number of carbonyl (C=O) groups excluding carboxylic acids is 1. The fourth-order valence-electron chi connectivity index (χ4n) is 4.88. The number of aromatic nitrogens is 2. The van der Waals surface area contributed by atoms with Crippen LogP contribution in [0.3, 0.4) is 0 Å². The number of thiazole rings is 1. The molecule has 176 valence electrons. The summed E-state index contributed by atoms with van der Waals surface area (Å²) >= 11 is 3.59. The Morgan fingerprint density at radius 1 is 1.27 bits per heavy atom. The van der Waals surface area contributed by atoms with Crippen molar-refractivity contribution in [2.45, 2.75) is 32.2 Å². The van der Waals surface area contributed by atoms with E-state index in [0.717, 1.165) is 91.7 Å². The second-order valence-corrected chi connectivity index (χ2v) is 11.0. The molecule has 0 aliphatic carbocycles. The van der Waals surface area contributed by atoms with Gasteiger partial charge in [-0.15, -0.1) is 11.3 Å². The number of hydrogen-bond acceptors (Lipinski definition) is 7. The fourth-order valence-corrected chi connectivity index (χ4v) is 6.56. The molecule has 2 aromatic heterocycles. The number of ether oxygens (including phenoxy) is 1. The van der Waals surface area contributed by atoms with Gasteiger partial charge in [-0.3, -0.25) is 14.0 Å². The number of nitrogens with one attached hydrogen (secondary N) is 1. The Morgan fingerprint density at radius 2 is 2.06 bits per heavy atom. The summed E-state index contributed by atoms with van der Waals surface area (Å²) in [6.45, 7) is 8.66. The highest BCUT2D eigenvalue weighted by molar-refractivity contribution is 7.96. The Balaban J connectivity index is 1.44. The van der Waals surface area contributed by atoms with E-state index in [1.807, 2.05) is 18.0 Å². The Morgan fingerprint density at radius 3 is 2.79 bits per heavy atom. The molecule has 2 saturated heterocycles. The van der Waals surface area contributed by atoms with E-state index >= 15 is 0 Å². The number of rotatable bonds is 7. The molecule has 7 nitrogen and oxygen atoms in total. The molecule has 0 spiro atoms. The molecule has 3 aromatic rings. The van der Waals surface area contributed by atoms with Gasteiger partial charge < -0.3 is 15.5 Å². The number of nitrogens with two attached hydrogens (primary N) is 1. The largest absolute Gasteiger partial charge is 0.379 e. The van der Waals surface area contributed by atoms with Crippen molar-refractivity contribution >= 4 is 40.1 Å². The van der Waals surface area contributed by atoms with Crippen LogP contribution in [-0.2, 0) is 11.3 Å². The third-order valence-electron chi connectivity index (χ3n) is 6.60. The standard InChI is InChI=1S/C24H31N5O2S2/c1-2-33-29-5-3-16(4-6-29)20-13-26-23-18(20)11-17(12-19(23)24(25)30)21-15-32-22(27-21)14-28-7-9-31-10-8-28/h11-13,15-16,26H,2-10,14H2,1H3,(H2,25,30). The van der Waals surface area contributed by atoms with Crippen LogP contribution in [0.2, 0.25) is 0 Å². The van der Waals surface area contributed by atoms with Gasteiger partial charge in [0.15, 0.2) is 0 Å². The maximum absolute atomic E-state index is 12.3. The smallest absolute Gasteiger partial charge is 0.250 e. The van der Waals surface area contributed by atoms with Crippen LogP contribution in [0.15, 0.2) is 23.7 Å². The number of hydrogen-bond donors (Lipinski definition) is 2. The summed E-state index contributed by atoms with van der Waals surface area (Å²) in [7, 11) is 0. The summed E-state index contributed by atoms with van der Waals surface area (Å²) < 4.78 is 7.92. The van der Waals surface area contributed by atoms with Crippen LogP contribution in [0, 0.1) is 0 Å². The van der Waals surface area contributed by atoms with Crippen LogP contribution in [-0.4, -0.2) is 70.2 Å². The number of fused-ring (bicyclic) bond motifs is 1. The summed E-state index contributed by atoms with van der Waals surface area (Å²) in [5.41, 5.74) is 10.3. The third kappa shape index (κ3) is 4.97. The zero-order chi connectivity index (χ0) is 22.8. The van der Waals surface area contributed by atoms with E-state index in [-0.39, 0.29) is 0 Å². The number of amides is 1. The molecule has 0 atom stereocenters. The quantitative estimate of drug-likeness (QED) is 0.491. The van der Waals surface area contributed by atoms with Gasteiger partial charge in [0.05, 0.1) is 36.5 Å². The van der Waals surface area contributed by atoms with Gasteiger partial charge in [0.2, 0.25) is 0 Å². The molecular formula is C24H31N5O2S2. The van der Waals surface area contributed by atoms with Gasteiger partial charge >= 0.3 is 0 Å². The molecule has 2 fully saturated rings. The first-order chi connectivity index (χ1) is 16.1. The predicted molar refractivity (Wildman–Crippen MR) is 136 cm³/mol. The zero-order valence-electron chi connectivity index (χ0n) is 19.0. The summed E-state index contributed by atoms with van der Waals surface area (Å²) in [5.74, 6) is 1.19. The van der Waals surface area contributed by atoms with E-state index in [9.17, 15) is 4.79 Å². The van der Waals surface area contributed by atoms with Crippen molar-refractivity contribution in [1.29, 1.82) is 0 Å². The van der Waals surface area contributed by atoms with Crippen LogP contribution in [0.1, 0.15) is 46.6 Å². The van der Waals surface area contributed by atoms with Gasteiger partial charge in [-0.1, -0.05) is 18.9 Å². The maximum Gasteiger partial charge on any atom is 0.250 e. The Hall–Kier alpha value is -1.91. The first-order valence-electron chi connectivity index (χ1n) is 11.7. The van der Waals surface area contributed by atoms with Gasteiger partial charge in [0, 0.05) is 54.5 Å². The number of benzene rings is 1. The summed E-state index contributed by atoms with van der Waals surface area (Å²) in [5, 5.41) is 4.28. The summed E-state index contributed by atoms with van der Waals surface area (Å²) in [6, 6.07) is 4.08. The van der Waals surface area contributed by atoms with Crippen LogP contribution in [0.25, 0.3) is 22.2 Å². The molecular weight excluding hydrogens is 454 g/mol. The Labute approximate surface area is 202 Å². The van der Waals surface area contributed by atoms with Crippen LogP contribution >= 0.6 is 23.3 Å². The van der Waals surface area contributed by atoms with Crippen molar-refractivity contribution in [3.05, 3.63) is 39.8 Å². The minimum atomic E-state index is -0.409. The molecule has 1 amide bonds. The van der Waals surface area contributed by atoms with Gasteiger partial charge in [0.1, 0.15) is 5.01 Å². The van der Waals surface area contributed by atoms with E-state index < -0.39 is 5.91 Å². The summed E-state index contributed by atoms with van der Waals surface area (Å²) in [4.78, 5) is 23.0. The molecule has 0 bridgehead atoms. The lowest BCUT2D eigenvalue weighted by molar-refractivity contribution is 0.0342. The Bertz CT molecular complexity index is 1110. The minimum Gasteiger partial charge on any atom is -0.379 e. The summed E-state index contributed by atoms with van der Waals surface area (Å²) in [6.07, 6.45) is 4.33. The minimum absolute atomic E-state index is 0.409. The second-order valence-electron chi connectivity index (χ2n) is 8.69. The molecule has 2 aliphatic heterocycles. The van der Waals surface area contributed by atoms with E-state index in [2.05, 4.69) is 38.8 Å². The van der Waals surface area contributed by atoms with Crippen LogP contribution in [0.5, 0.6) is 0 Å². The number of H-pyrrole nitrogens is 1. The first kappa shape index (κ1) is 22.9. The molecule has 0 radical (unpaired) electrons. The van der Waals surface area contributed by atoms with Crippen molar-refractivity contribution in [3.63, 3.8) is 0 Å². The van der Waals surface area contributed by atoms with Crippen molar-refractivity contribution in [2.75, 3.05) is 45.1 Å². The number of piperidine rings is 1. The topological polar surface area (TPSA) is 87.5 Å². The van der Waals surface area contributed by atoms with Gasteiger partial charge in [0.25, 0.3) is 5.91 Å². The first-order valence-corrected chi connectivity index (χ1v) is 13.5. The SMILES string of the molecule is CCSN1CCC(c2c[nH]c3c(C(N)=O)cc(-c4csc(CN5CCOCC5)n4)cc23)CC1. The van der Waals surface area contributed by atoms with E-state index in [1.54, 1.807) is 11.3 Å². The van der Waals surface area contributed by atoms with Crippen molar-refractivity contribution in [3.8, 4) is 11.3 Å². The number of aromatic amines is 1. The van der Waals surface area contributed by atoms with Crippen LogP contribution in [0.4, 0.5) is 0 Å². The highest BCUT2D eigenvalue weighted by Gasteiger charge is 2.25. The molecule has 33 heavy (non-hydrogen) atoms. The van der Waals surface area contributed by atoms with Gasteiger partial charge in [-0.25, -0.2) is 4.98 Å². The monoisotopic (exact) mass is 485 g/mol. The maximum atomic E-state index is 12.3. The molecule has 3 N–H and O–H groups in total.